The van der Waals surface area contributed by atoms with E-state index in [0.717, 1.165) is 30.7 Å². The minimum Gasteiger partial charge on any atom is -0.461 e. The van der Waals surface area contributed by atoms with Gasteiger partial charge >= 0.3 is 0 Å². The lowest BCUT2D eigenvalue weighted by Crippen LogP contribution is -2.13. The molecule has 0 unspecified atom stereocenters. The second kappa shape index (κ2) is 6.86. The highest BCUT2D eigenvalue weighted by molar-refractivity contribution is 6.44. The van der Waals surface area contributed by atoms with Gasteiger partial charge in [0.15, 0.2) is 0 Å². The SMILES string of the molecule is CN(C)CCCc1ccc(-c2cc(Cl)c(Cl)cc2Cl)o1. The fraction of sp³-hybridized carbons (Fsp3) is 0.333. The monoisotopic (exact) mass is 331 g/mol. The standard InChI is InChI=1S/C15H16Cl3NO/c1-19(2)7-3-4-10-5-6-15(20-10)11-8-13(17)14(18)9-12(11)16/h5-6,8-9H,3-4,7H2,1-2H3. The van der Waals surface area contributed by atoms with Gasteiger partial charge < -0.3 is 9.32 Å². The number of furan rings is 1. The van der Waals surface area contributed by atoms with Crippen molar-refractivity contribution in [2.24, 2.45) is 0 Å². The van der Waals surface area contributed by atoms with E-state index >= 15 is 0 Å². The Morgan fingerprint density at radius 1 is 1.00 bits per heavy atom. The van der Waals surface area contributed by atoms with Crippen LogP contribution in [0.5, 0.6) is 0 Å². The summed E-state index contributed by atoms with van der Waals surface area (Å²) in [4.78, 5) is 2.15. The first-order chi connectivity index (χ1) is 9.47. The Hall–Kier alpha value is -0.670. The van der Waals surface area contributed by atoms with Crippen molar-refractivity contribution in [2.45, 2.75) is 12.8 Å². The molecule has 1 aromatic heterocycles. The summed E-state index contributed by atoms with van der Waals surface area (Å²) < 4.78 is 5.82. The van der Waals surface area contributed by atoms with Gasteiger partial charge in [0.1, 0.15) is 11.5 Å². The maximum absolute atomic E-state index is 6.18. The summed E-state index contributed by atoms with van der Waals surface area (Å²) in [6.07, 6.45) is 1.95. The van der Waals surface area contributed by atoms with Crippen molar-refractivity contribution in [3.63, 3.8) is 0 Å². The molecule has 20 heavy (non-hydrogen) atoms. The molecule has 5 heteroatoms. The lowest BCUT2D eigenvalue weighted by atomic mass is 10.2. The molecule has 108 valence electrons. The fourth-order valence-corrected chi connectivity index (χ4v) is 2.58. The van der Waals surface area contributed by atoms with Gasteiger partial charge in [0.05, 0.1) is 15.1 Å². The van der Waals surface area contributed by atoms with Crippen LogP contribution in [0.2, 0.25) is 15.1 Å². The number of hydrogen-bond acceptors (Lipinski definition) is 2. The molecular formula is C15H16Cl3NO. The first-order valence-electron chi connectivity index (χ1n) is 6.35. The molecule has 0 radical (unpaired) electrons. The summed E-state index contributed by atoms with van der Waals surface area (Å²) in [5, 5.41) is 1.45. The highest BCUT2D eigenvalue weighted by atomic mass is 35.5. The van der Waals surface area contributed by atoms with E-state index in [-0.39, 0.29) is 0 Å². The summed E-state index contributed by atoms with van der Waals surface area (Å²) in [6.45, 7) is 1.03. The van der Waals surface area contributed by atoms with Crippen LogP contribution in [0, 0.1) is 0 Å². The first kappa shape index (κ1) is 15.7. The lowest BCUT2D eigenvalue weighted by molar-refractivity contribution is 0.390. The Labute approximate surface area is 134 Å². The molecule has 2 aromatic rings. The Kier molecular flexibility index (Phi) is 5.39. The predicted molar refractivity (Wildman–Crippen MR) is 86.0 cm³/mol. The molecule has 1 heterocycles. The largest absolute Gasteiger partial charge is 0.461 e. The van der Waals surface area contributed by atoms with E-state index in [2.05, 4.69) is 19.0 Å². The third-order valence-electron chi connectivity index (χ3n) is 2.97. The van der Waals surface area contributed by atoms with E-state index in [4.69, 9.17) is 39.2 Å². The van der Waals surface area contributed by atoms with E-state index in [1.807, 2.05) is 12.1 Å². The van der Waals surface area contributed by atoms with Gasteiger partial charge in [-0.25, -0.2) is 0 Å². The van der Waals surface area contributed by atoms with Gasteiger partial charge in [-0.1, -0.05) is 34.8 Å². The third-order valence-corrected chi connectivity index (χ3v) is 4.00. The maximum atomic E-state index is 6.18. The van der Waals surface area contributed by atoms with Crippen LogP contribution in [0.1, 0.15) is 12.2 Å². The molecular weight excluding hydrogens is 317 g/mol. The molecule has 0 saturated carbocycles. The van der Waals surface area contributed by atoms with Crippen LogP contribution in [0.3, 0.4) is 0 Å². The molecule has 0 spiro atoms. The van der Waals surface area contributed by atoms with Crippen molar-refractivity contribution >= 4 is 34.8 Å². The van der Waals surface area contributed by atoms with Crippen molar-refractivity contribution in [1.82, 2.24) is 4.90 Å². The maximum Gasteiger partial charge on any atom is 0.135 e. The normalized spacial score (nSPS) is 11.3. The van der Waals surface area contributed by atoms with E-state index in [0.29, 0.717) is 20.8 Å². The quantitative estimate of drug-likeness (QED) is 0.681. The molecule has 2 rings (SSSR count). The minimum atomic E-state index is 0.443. The molecule has 2 nitrogen and oxygen atoms in total. The van der Waals surface area contributed by atoms with Gasteiger partial charge in [-0.2, -0.15) is 0 Å². The molecule has 0 saturated heterocycles. The number of nitrogens with zero attached hydrogens (tertiary/aromatic N) is 1. The van der Waals surface area contributed by atoms with Crippen LogP contribution in [-0.2, 0) is 6.42 Å². The summed E-state index contributed by atoms with van der Waals surface area (Å²) in [5.74, 6) is 1.66. The molecule has 0 N–H and O–H groups in total. The highest BCUT2D eigenvalue weighted by Crippen LogP contribution is 2.36. The van der Waals surface area contributed by atoms with Crippen molar-refractivity contribution in [1.29, 1.82) is 0 Å². The van der Waals surface area contributed by atoms with E-state index in [1.165, 1.54) is 0 Å². The Morgan fingerprint density at radius 3 is 2.40 bits per heavy atom. The van der Waals surface area contributed by atoms with Crippen LogP contribution >= 0.6 is 34.8 Å². The molecule has 0 aliphatic carbocycles. The number of rotatable bonds is 5. The molecule has 0 bridgehead atoms. The summed E-state index contributed by atoms with van der Waals surface area (Å²) >= 11 is 18.1. The van der Waals surface area contributed by atoms with Crippen LogP contribution in [0.15, 0.2) is 28.7 Å². The summed E-state index contributed by atoms with van der Waals surface area (Å²) in [5.41, 5.74) is 0.764. The third kappa shape index (κ3) is 3.92. The van der Waals surface area contributed by atoms with Gasteiger partial charge in [0, 0.05) is 12.0 Å². The Bertz CT molecular complexity index is 593. The van der Waals surface area contributed by atoms with Crippen molar-refractivity contribution in [3.8, 4) is 11.3 Å². The van der Waals surface area contributed by atoms with Crippen molar-refractivity contribution in [3.05, 3.63) is 45.1 Å². The zero-order valence-corrected chi connectivity index (χ0v) is 13.7. The molecule has 1 aromatic carbocycles. The van der Waals surface area contributed by atoms with Gasteiger partial charge in [-0.15, -0.1) is 0 Å². The van der Waals surface area contributed by atoms with Crippen molar-refractivity contribution in [2.75, 3.05) is 20.6 Å². The lowest BCUT2D eigenvalue weighted by Gasteiger charge is -2.07. The summed E-state index contributed by atoms with van der Waals surface area (Å²) in [7, 11) is 4.12. The van der Waals surface area contributed by atoms with E-state index in [9.17, 15) is 0 Å². The topological polar surface area (TPSA) is 16.4 Å². The van der Waals surface area contributed by atoms with Crippen molar-refractivity contribution < 1.29 is 4.42 Å². The molecule has 0 fully saturated rings. The smallest absolute Gasteiger partial charge is 0.135 e. The number of aryl methyl sites for hydroxylation is 1. The average molecular weight is 333 g/mol. The van der Waals surface area contributed by atoms with Crippen LogP contribution in [0.4, 0.5) is 0 Å². The Morgan fingerprint density at radius 2 is 1.70 bits per heavy atom. The van der Waals surface area contributed by atoms with Gasteiger partial charge in [-0.3, -0.25) is 0 Å². The predicted octanol–water partition coefficient (Wildman–Crippen LogP) is 5.40. The molecule has 0 aliphatic rings. The highest BCUT2D eigenvalue weighted by Gasteiger charge is 2.12. The fourth-order valence-electron chi connectivity index (χ4n) is 1.94. The zero-order valence-electron chi connectivity index (χ0n) is 11.4. The second-order valence-corrected chi connectivity index (χ2v) is 6.14. The first-order valence-corrected chi connectivity index (χ1v) is 7.49. The van der Waals surface area contributed by atoms with Gasteiger partial charge in [-0.05, 0) is 51.3 Å². The van der Waals surface area contributed by atoms with Gasteiger partial charge in [0.25, 0.3) is 0 Å². The summed E-state index contributed by atoms with van der Waals surface area (Å²) in [6, 6.07) is 7.25. The van der Waals surface area contributed by atoms with Crippen LogP contribution in [0.25, 0.3) is 11.3 Å². The minimum absolute atomic E-state index is 0.443. The van der Waals surface area contributed by atoms with Crippen LogP contribution < -0.4 is 0 Å². The van der Waals surface area contributed by atoms with E-state index in [1.54, 1.807) is 12.1 Å². The average Bonchev–Trinajstić information content (AvgIpc) is 2.82. The number of halogens is 3. The van der Waals surface area contributed by atoms with E-state index < -0.39 is 0 Å². The van der Waals surface area contributed by atoms with Crippen LogP contribution in [-0.4, -0.2) is 25.5 Å². The molecule has 0 atom stereocenters. The molecule has 0 amide bonds. The number of hydrogen-bond donors (Lipinski definition) is 0. The second-order valence-electron chi connectivity index (χ2n) is 4.92. The number of benzene rings is 1. The molecule has 0 aliphatic heterocycles. The zero-order chi connectivity index (χ0) is 14.7. The van der Waals surface area contributed by atoms with Gasteiger partial charge in [0.2, 0.25) is 0 Å². The Balaban J connectivity index is 2.14.